The molecule has 2 fully saturated rings. The van der Waals surface area contributed by atoms with E-state index < -0.39 is 29.8 Å². The van der Waals surface area contributed by atoms with Crippen molar-refractivity contribution in [2.75, 3.05) is 18.8 Å². The van der Waals surface area contributed by atoms with Gasteiger partial charge in [-0.05, 0) is 30.9 Å². The molecule has 3 rings (SSSR count). The molecule has 2 aliphatic rings. The van der Waals surface area contributed by atoms with Crippen molar-refractivity contribution >= 4 is 39.3 Å². The summed E-state index contributed by atoms with van der Waals surface area (Å²) in [7, 11) is 2.68. The van der Waals surface area contributed by atoms with Crippen LogP contribution in [0.1, 0.15) is 30.9 Å². The highest BCUT2D eigenvalue weighted by Crippen LogP contribution is 2.42. The topological polar surface area (TPSA) is 121 Å². The quantitative estimate of drug-likeness (QED) is 0.351. The Bertz CT molecular complexity index is 877. The number of rotatable bonds is 10. The summed E-state index contributed by atoms with van der Waals surface area (Å²) in [5, 5.41) is 18.1. The summed E-state index contributed by atoms with van der Waals surface area (Å²) in [5.41, 5.74) is 6.47. The van der Waals surface area contributed by atoms with Crippen LogP contribution in [-0.4, -0.2) is 63.0 Å². The van der Waals surface area contributed by atoms with Crippen LogP contribution in [0.4, 0.5) is 4.39 Å². The van der Waals surface area contributed by atoms with E-state index in [2.05, 4.69) is 0 Å². The van der Waals surface area contributed by atoms with Crippen LogP contribution in [-0.2, 0) is 14.4 Å². The summed E-state index contributed by atoms with van der Waals surface area (Å²) in [6, 6.07) is 4.49. The minimum Gasteiger partial charge on any atom is -0.480 e. The molecule has 0 radical (unpaired) electrons. The van der Waals surface area contributed by atoms with Crippen molar-refractivity contribution in [2.24, 2.45) is 11.7 Å². The fraction of sp³-hybridized carbons (Fsp3) is 0.476. The predicted molar refractivity (Wildman–Crippen MR) is 118 cm³/mol. The zero-order valence-electron chi connectivity index (χ0n) is 16.8. The van der Waals surface area contributed by atoms with E-state index in [1.165, 1.54) is 27.7 Å². The molecular weight excluding hydrogens is 443 g/mol. The van der Waals surface area contributed by atoms with Crippen molar-refractivity contribution in [1.29, 1.82) is 0 Å². The summed E-state index contributed by atoms with van der Waals surface area (Å²) in [6.45, 7) is 0.727. The van der Waals surface area contributed by atoms with Crippen molar-refractivity contribution < 1.29 is 29.0 Å². The Labute approximate surface area is 187 Å². The molecule has 1 saturated heterocycles. The third kappa shape index (κ3) is 6.31. The van der Waals surface area contributed by atoms with E-state index in [9.17, 15) is 23.9 Å². The Morgan fingerprint density at radius 3 is 2.55 bits per heavy atom. The lowest BCUT2D eigenvalue weighted by Gasteiger charge is -2.38. The molecule has 1 aromatic rings. The van der Waals surface area contributed by atoms with Crippen LogP contribution in [0.2, 0.25) is 0 Å². The maximum absolute atomic E-state index is 14.6. The van der Waals surface area contributed by atoms with Gasteiger partial charge in [0, 0.05) is 41.6 Å². The van der Waals surface area contributed by atoms with Crippen LogP contribution in [0.5, 0.6) is 0 Å². The number of carbonyl (C=O) groups excluding carboxylic acids is 1. The molecule has 3 unspecified atom stereocenters. The Morgan fingerprint density at radius 1 is 1.23 bits per heavy atom. The average Bonchev–Trinajstić information content (AvgIpc) is 3.55. The average molecular weight is 469 g/mol. The lowest BCUT2D eigenvalue weighted by molar-refractivity contribution is -0.138. The van der Waals surface area contributed by atoms with Crippen molar-refractivity contribution in [3.63, 3.8) is 0 Å². The van der Waals surface area contributed by atoms with Crippen LogP contribution in [0, 0.1) is 11.7 Å². The summed E-state index contributed by atoms with van der Waals surface area (Å²) in [4.78, 5) is 37.2. The standard InChI is InChI=1S/C21H25FN2O5S2/c22-15-4-2-1-3-14(15)19(20(27)12-5-6-12)24-8-7-17(13(10-24)9-18(25)26)31-30-11-16(23)21(28)29/h1-4,9,12,16-17,19H,5-8,10-11,23H2,(H,25,26)(H,28,29)/b13-9+. The molecule has 10 heteroatoms. The first-order valence-corrected chi connectivity index (χ1v) is 12.4. The van der Waals surface area contributed by atoms with Gasteiger partial charge in [0.05, 0.1) is 6.04 Å². The number of aliphatic carboxylic acids is 2. The molecule has 168 valence electrons. The zero-order valence-corrected chi connectivity index (χ0v) is 18.4. The third-order valence-corrected chi connectivity index (χ3v) is 8.27. The minimum atomic E-state index is -1.09. The molecule has 0 spiro atoms. The maximum atomic E-state index is 14.6. The summed E-state index contributed by atoms with van der Waals surface area (Å²) < 4.78 is 14.6. The monoisotopic (exact) mass is 468 g/mol. The second kappa shape index (κ2) is 10.6. The number of carboxylic acids is 2. The number of ketones is 1. The Kier molecular flexibility index (Phi) is 8.15. The number of hydrogen-bond donors (Lipinski definition) is 3. The van der Waals surface area contributed by atoms with Gasteiger partial charge in [0.2, 0.25) is 0 Å². The van der Waals surface area contributed by atoms with Crippen LogP contribution < -0.4 is 5.73 Å². The number of piperidine rings is 1. The molecule has 1 aliphatic heterocycles. The normalized spacial score (nSPS) is 22.8. The van der Waals surface area contributed by atoms with E-state index in [-0.39, 0.29) is 29.2 Å². The number of halogens is 1. The van der Waals surface area contributed by atoms with Gasteiger partial charge in [0.25, 0.3) is 0 Å². The Hall–Kier alpha value is -1.88. The predicted octanol–water partition coefficient (Wildman–Crippen LogP) is 2.72. The molecule has 1 aliphatic carbocycles. The first kappa shape index (κ1) is 23.8. The molecule has 31 heavy (non-hydrogen) atoms. The third-order valence-electron chi connectivity index (χ3n) is 5.35. The molecule has 1 aromatic carbocycles. The van der Waals surface area contributed by atoms with E-state index >= 15 is 0 Å². The van der Waals surface area contributed by atoms with Gasteiger partial charge in [0.1, 0.15) is 11.9 Å². The smallest absolute Gasteiger partial charge is 0.328 e. The van der Waals surface area contributed by atoms with Crippen molar-refractivity contribution in [2.45, 2.75) is 36.6 Å². The summed E-state index contributed by atoms with van der Waals surface area (Å²) in [5.74, 6) is -2.52. The van der Waals surface area contributed by atoms with Gasteiger partial charge in [-0.25, -0.2) is 9.18 Å². The highest BCUT2D eigenvalue weighted by molar-refractivity contribution is 8.77. The molecule has 0 amide bonds. The van der Waals surface area contributed by atoms with E-state index in [4.69, 9.17) is 10.8 Å². The largest absolute Gasteiger partial charge is 0.480 e. The lowest BCUT2D eigenvalue weighted by Crippen LogP contribution is -2.43. The molecule has 4 N–H and O–H groups in total. The van der Waals surface area contributed by atoms with Gasteiger partial charge in [-0.1, -0.05) is 39.8 Å². The number of benzene rings is 1. The number of carboxylic acid groups (broad SMARTS) is 2. The van der Waals surface area contributed by atoms with E-state index in [1.54, 1.807) is 18.2 Å². The van der Waals surface area contributed by atoms with Gasteiger partial charge in [0.15, 0.2) is 5.78 Å². The molecule has 1 saturated carbocycles. The zero-order chi connectivity index (χ0) is 22.5. The van der Waals surface area contributed by atoms with Gasteiger partial charge in [-0.3, -0.25) is 14.5 Å². The van der Waals surface area contributed by atoms with Crippen molar-refractivity contribution in [3.05, 3.63) is 47.3 Å². The molecule has 3 atom stereocenters. The van der Waals surface area contributed by atoms with E-state index in [0.717, 1.165) is 18.9 Å². The Morgan fingerprint density at radius 2 is 1.94 bits per heavy atom. The van der Waals surface area contributed by atoms with Crippen LogP contribution in [0.25, 0.3) is 0 Å². The van der Waals surface area contributed by atoms with E-state index in [0.29, 0.717) is 24.1 Å². The number of hydrogen-bond acceptors (Lipinski definition) is 7. The van der Waals surface area contributed by atoms with Crippen molar-refractivity contribution in [3.8, 4) is 0 Å². The van der Waals surface area contributed by atoms with Crippen molar-refractivity contribution in [1.82, 2.24) is 4.90 Å². The Balaban J connectivity index is 1.77. The van der Waals surface area contributed by atoms with Crippen LogP contribution in [0.15, 0.2) is 35.9 Å². The van der Waals surface area contributed by atoms with E-state index in [1.807, 2.05) is 4.90 Å². The number of nitrogens with two attached hydrogens (primary N) is 1. The number of Topliss-reactive ketones (excluding diaryl/α,β-unsaturated/α-hetero) is 1. The minimum absolute atomic E-state index is 0.0207. The SMILES string of the molecule is NC(CSSC1CCN(C(C(=O)C2CC2)c2ccccc2F)C/C1=C\C(=O)O)C(=O)O. The lowest BCUT2D eigenvalue weighted by atomic mass is 9.93. The number of nitrogens with zero attached hydrogens (tertiary/aromatic N) is 1. The highest BCUT2D eigenvalue weighted by atomic mass is 33.1. The second-order valence-corrected chi connectivity index (χ2v) is 10.3. The molecule has 0 aromatic heterocycles. The molecule has 1 heterocycles. The number of carbonyl (C=O) groups is 3. The molecule has 7 nitrogen and oxygen atoms in total. The molecule has 0 bridgehead atoms. The van der Waals surface area contributed by atoms with Gasteiger partial charge in [-0.2, -0.15) is 0 Å². The van der Waals surface area contributed by atoms with Crippen LogP contribution in [0.3, 0.4) is 0 Å². The van der Waals surface area contributed by atoms with Gasteiger partial charge < -0.3 is 15.9 Å². The second-order valence-electron chi connectivity index (χ2n) is 7.73. The maximum Gasteiger partial charge on any atom is 0.328 e. The van der Waals surface area contributed by atoms with Crippen LogP contribution >= 0.6 is 21.6 Å². The first-order chi connectivity index (χ1) is 14.8. The fourth-order valence-electron chi connectivity index (χ4n) is 3.60. The highest BCUT2D eigenvalue weighted by Gasteiger charge is 2.41. The first-order valence-electron chi connectivity index (χ1n) is 10.00. The summed E-state index contributed by atoms with van der Waals surface area (Å²) >= 11 is 0. The fourth-order valence-corrected chi connectivity index (χ4v) is 6.42. The summed E-state index contributed by atoms with van der Waals surface area (Å²) in [6.07, 6.45) is 3.30. The molecular formula is C21H25FN2O5S2. The number of likely N-dealkylation sites (tertiary alicyclic amines) is 1. The van der Waals surface area contributed by atoms with Gasteiger partial charge in [-0.15, -0.1) is 0 Å². The van der Waals surface area contributed by atoms with Gasteiger partial charge >= 0.3 is 11.9 Å².